The molecule has 3 N–H and O–H groups in total. The second kappa shape index (κ2) is 7.53. The smallest absolute Gasteiger partial charge is 0.335 e. The SMILES string of the molecule is CCNCCCNS(=O)(=O)c1cc(C(=O)O)c(C)cc1C. The molecule has 21 heavy (non-hydrogen) atoms. The highest BCUT2D eigenvalue weighted by atomic mass is 32.2. The number of benzene rings is 1. The number of aromatic carboxylic acids is 1. The highest BCUT2D eigenvalue weighted by Crippen LogP contribution is 2.20. The van der Waals surface area contributed by atoms with E-state index in [1.165, 1.54) is 6.07 Å². The largest absolute Gasteiger partial charge is 0.478 e. The predicted molar refractivity (Wildman–Crippen MR) is 81.2 cm³/mol. The van der Waals surface area contributed by atoms with Crippen molar-refractivity contribution in [2.24, 2.45) is 0 Å². The molecule has 0 unspecified atom stereocenters. The molecule has 0 fully saturated rings. The Hall–Kier alpha value is -1.44. The minimum Gasteiger partial charge on any atom is -0.478 e. The summed E-state index contributed by atoms with van der Waals surface area (Å²) in [7, 11) is -3.69. The minimum absolute atomic E-state index is 0.00799. The van der Waals surface area contributed by atoms with Gasteiger partial charge in [-0.2, -0.15) is 0 Å². The molecule has 0 bridgehead atoms. The average molecular weight is 314 g/mol. The topological polar surface area (TPSA) is 95.5 Å². The van der Waals surface area contributed by atoms with Gasteiger partial charge in [0, 0.05) is 6.54 Å². The molecule has 0 aliphatic rings. The molecule has 0 saturated heterocycles. The summed E-state index contributed by atoms with van der Waals surface area (Å²) in [6, 6.07) is 2.80. The zero-order valence-corrected chi connectivity index (χ0v) is 13.4. The van der Waals surface area contributed by atoms with E-state index in [4.69, 9.17) is 5.11 Å². The Morgan fingerprint density at radius 3 is 2.43 bits per heavy atom. The number of carboxylic acids is 1. The predicted octanol–water partition coefficient (Wildman–Crippen LogP) is 1.28. The maximum atomic E-state index is 12.2. The maximum Gasteiger partial charge on any atom is 0.335 e. The van der Waals surface area contributed by atoms with Gasteiger partial charge in [0.25, 0.3) is 0 Å². The molecule has 0 aliphatic carbocycles. The highest BCUT2D eigenvalue weighted by molar-refractivity contribution is 7.89. The van der Waals surface area contributed by atoms with E-state index in [2.05, 4.69) is 10.0 Å². The molecular weight excluding hydrogens is 292 g/mol. The minimum atomic E-state index is -3.69. The Balaban J connectivity index is 2.92. The van der Waals surface area contributed by atoms with Crippen molar-refractivity contribution in [1.82, 2.24) is 10.0 Å². The van der Waals surface area contributed by atoms with Gasteiger partial charge in [-0.15, -0.1) is 0 Å². The normalized spacial score (nSPS) is 11.6. The number of hydrogen-bond donors (Lipinski definition) is 3. The highest BCUT2D eigenvalue weighted by Gasteiger charge is 2.20. The van der Waals surface area contributed by atoms with E-state index in [-0.39, 0.29) is 10.5 Å². The van der Waals surface area contributed by atoms with E-state index in [1.807, 2.05) is 6.92 Å². The summed E-state index contributed by atoms with van der Waals surface area (Å²) in [5.74, 6) is -1.13. The number of nitrogens with one attached hydrogen (secondary N) is 2. The van der Waals surface area contributed by atoms with Crippen LogP contribution in [0.15, 0.2) is 17.0 Å². The Morgan fingerprint density at radius 2 is 1.86 bits per heavy atom. The molecule has 0 amide bonds. The van der Waals surface area contributed by atoms with Crippen molar-refractivity contribution in [3.8, 4) is 0 Å². The first-order chi connectivity index (χ1) is 9.79. The molecular formula is C14H22N2O4S. The number of sulfonamides is 1. The van der Waals surface area contributed by atoms with Crippen molar-refractivity contribution >= 4 is 16.0 Å². The first-order valence-electron chi connectivity index (χ1n) is 6.84. The molecule has 0 atom stereocenters. The summed E-state index contributed by atoms with van der Waals surface area (Å²) in [4.78, 5) is 11.1. The molecule has 1 rings (SSSR count). The van der Waals surface area contributed by atoms with Crippen LogP contribution in [0, 0.1) is 13.8 Å². The molecule has 0 aliphatic heterocycles. The van der Waals surface area contributed by atoms with Gasteiger partial charge in [-0.1, -0.05) is 13.0 Å². The fourth-order valence-electron chi connectivity index (χ4n) is 2.03. The van der Waals surface area contributed by atoms with E-state index in [0.717, 1.165) is 13.1 Å². The quantitative estimate of drug-likeness (QED) is 0.628. The number of rotatable bonds is 8. The van der Waals surface area contributed by atoms with Gasteiger partial charge in [-0.3, -0.25) is 0 Å². The van der Waals surface area contributed by atoms with Gasteiger partial charge in [0.15, 0.2) is 0 Å². The Bertz CT molecular complexity index is 612. The number of hydrogen-bond acceptors (Lipinski definition) is 4. The van der Waals surface area contributed by atoms with Gasteiger partial charge >= 0.3 is 5.97 Å². The van der Waals surface area contributed by atoms with Crippen LogP contribution in [-0.4, -0.2) is 39.1 Å². The number of carboxylic acid groups (broad SMARTS) is 1. The zero-order chi connectivity index (χ0) is 16.0. The van der Waals surface area contributed by atoms with E-state index < -0.39 is 16.0 Å². The van der Waals surface area contributed by atoms with Crippen LogP contribution >= 0.6 is 0 Å². The standard InChI is InChI=1S/C14H22N2O4S/c1-4-15-6-5-7-16-21(19,20)13-9-12(14(17)18)10(2)8-11(13)3/h8-9,15-16H,4-7H2,1-3H3,(H,17,18). The second-order valence-electron chi connectivity index (χ2n) is 4.84. The molecule has 6 nitrogen and oxygen atoms in total. The lowest BCUT2D eigenvalue weighted by Crippen LogP contribution is -2.28. The van der Waals surface area contributed by atoms with Crippen molar-refractivity contribution in [3.63, 3.8) is 0 Å². The Kier molecular flexibility index (Phi) is 6.32. The molecule has 0 aromatic heterocycles. The zero-order valence-electron chi connectivity index (χ0n) is 12.6. The molecule has 0 saturated carbocycles. The van der Waals surface area contributed by atoms with E-state index >= 15 is 0 Å². The van der Waals surface area contributed by atoms with Crippen LogP contribution in [0.3, 0.4) is 0 Å². The third-order valence-electron chi connectivity index (χ3n) is 3.11. The van der Waals surface area contributed by atoms with Crippen molar-refractivity contribution in [3.05, 3.63) is 28.8 Å². The van der Waals surface area contributed by atoms with Crippen LogP contribution < -0.4 is 10.0 Å². The summed E-state index contributed by atoms with van der Waals surface area (Å²) >= 11 is 0. The fourth-order valence-corrected chi connectivity index (χ4v) is 3.35. The van der Waals surface area contributed by atoms with Gasteiger partial charge < -0.3 is 10.4 Å². The summed E-state index contributed by atoms with van der Waals surface area (Å²) in [5.41, 5.74) is 1.09. The third-order valence-corrected chi connectivity index (χ3v) is 4.72. The van der Waals surface area contributed by atoms with Crippen molar-refractivity contribution in [2.75, 3.05) is 19.6 Å². The molecule has 1 aromatic rings. The third kappa shape index (κ3) is 4.80. The molecule has 1 aromatic carbocycles. The monoisotopic (exact) mass is 314 g/mol. The molecule has 118 valence electrons. The van der Waals surface area contributed by atoms with E-state index in [0.29, 0.717) is 24.1 Å². The van der Waals surface area contributed by atoms with Gasteiger partial charge in [-0.25, -0.2) is 17.9 Å². The van der Waals surface area contributed by atoms with Crippen LogP contribution in [-0.2, 0) is 10.0 Å². The van der Waals surface area contributed by atoms with Crippen LogP contribution in [0.25, 0.3) is 0 Å². The first-order valence-corrected chi connectivity index (χ1v) is 8.32. The summed E-state index contributed by atoms with van der Waals surface area (Å²) in [6.45, 7) is 7.17. The average Bonchev–Trinajstić information content (AvgIpc) is 2.37. The van der Waals surface area contributed by atoms with E-state index in [1.54, 1.807) is 19.9 Å². The summed E-state index contributed by atoms with van der Waals surface area (Å²) in [5, 5.41) is 12.2. The fraction of sp³-hybridized carbons (Fsp3) is 0.500. The number of carbonyl (C=O) groups is 1. The first kappa shape index (κ1) is 17.6. The Morgan fingerprint density at radius 1 is 1.19 bits per heavy atom. The van der Waals surface area contributed by atoms with Gasteiger partial charge in [-0.05, 0) is 50.6 Å². The molecule has 0 spiro atoms. The van der Waals surface area contributed by atoms with Gasteiger partial charge in [0.2, 0.25) is 10.0 Å². The van der Waals surface area contributed by atoms with Gasteiger partial charge in [0.05, 0.1) is 10.5 Å². The van der Waals surface area contributed by atoms with E-state index in [9.17, 15) is 13.2 Å². The van der Waals surface area contributed by atoms with Crippen molar-refractivity contribution < 1.29 is 18.3 Å². The lowest BCUT2D eigenvalue weighted by atomic mass is 10.1. The maximum absolute atomic E-state index is 12.2. The number of aryl methyl sites for hydroxylation is 2. The molecule has 0 heterocycles. The van der Waals surface area contributed by atoms with Crippen LogP contribution in [0.1, 0.15) is 34.8 Å². The molecule has 7 heteroatoms. The van der Waals surface area contributed by atoms with Crippen LogP contribution in [0.4, 0.5) is 0 Å². The van der Waals surface area contributed by atoms with Gasteiger partial charge in [0.1, 0.15) is 0 Å². The summed E-state index contributed by atoms with van der Waals surface area (Å²) < 4.78 is 27.0. The lowest BCUT2D eigenvalue weighted by Gasteiger charge is -2.12. The van der Waals surface area contributed by atoms with Crippen LogP contribution in [0.5, 0.6) is 0 Å². The lowest BCUT2D eigenvalue weighted by molar-refractivity contribution is 0.0696. The van der Waals surface area contributed by atoms with Crippen molar-refractivity contribution in [1.29, 1.82) is 0 Å². The van der Waals surface area contributed by atoms with Crippen LogP contribution in [0.2, 0.25) is 0 Å². The summed E-state index contributed by atoms with van der Waals surface area (Å²) in [6.07, 6.45) is 0.670. The second-order valence-corrected chi connectivity index (χ2v) is 6.58. The molecule has 0 radical (unpaired) electrons. The Labute approximate surface area is 125 Å². The van der Waals surface area contributed by atoms with Crippen molar-refractivity contribution in [2.45, 2.75) is 32.1 Å².